The number of nitrogens with zero attached hydrogens (tertiary/aromatic N) is 3. The van der Waals surface area contributed by atoms with Gasteiger partial charge in [0.2, 0.25) is 5.96 Å². The normalized spacial score (nSPS) is 11.0. The van der Waals surface area contributed by atoms with Crippen molar-refractivity contribution in [2.75, 3.05) is 6.61 Å². The summed E-state index contributed by atoms with van der Waals surface area (Å²) < 4.78 is 5.91. The summed E-state index contributed by atoms with van der Waals surface area (Å²) in [6.45, 7) is 2.40. The lowest BCUT2D eigenvalue weighted by Gasteiger charge is -2.08. The third-order valence-corrected chi connectivity index (χ3v) is 2.79. The first kappa shape index (κ1) is 16.7. The number of rotatable bonds is 5. The quantitative estimate of drug-likeness (QED) is 0.312. The Morgan fingerprint density at radius 2 is 2.10 bits per heavy atom. The zero-order chi connectivity index (χ0) is 16.0. The van der Waals surface area contributed by atoms with Gasteiger partial charge in [0.15, 0.2) is 5.96 Å². The predicted octanol–water partition coefficient (Wildman–Crippen LogP) is 1.37. The Morgan fingerprint density at radius 1 is 1.43 bits per heavy atom. The minimum atomic E-state index is -0.587. The molecule has 10 heteroatoms. The third kappa shape index (κ3) is 4.91. The summed E-state index contributed by atoms with van der Waals surface area (Å²) in [5, 5.41) is 11.1. The van der Waals surface area contributed by atoms with Crippen LogP contribution in [0.2, 0.25) is 0 Å². The molecule has 114 valence electrons. The van der Waals surface area contributed by atoms with Crippen molar-refractivity contribution in [1.29, 1.82) is 0 Å². The van der Waals surface area contributed by atoms with Crippen molar-refractivity contribution in [3.63, 3.8) is 0 Å². The van der Waals surface area contributed by atoms with Gasteiger partial charge in [-0.2, -0.15) is 4.99 Å². The van der Waals surface area contributed by atoms with Crippen LogP contribution in [0.1, 0.15) is 13.3 Å². The van der Waals surface area contributed by atoms with Crippen LogP contribution in [-0.2, 0) is 0 Å². The Morgan fingerprint density at radius 3 is 2.62 bits per heavy atom. The highest BCUT2D eigenvalue weighted by molar-refractivity contribution is 9.10. The van der Waals surface area contributed by atoms with Crippen molar-refractivity contribution >= 4 is 39.2 Å². The number of halogens is 1. The van der Waals surface area contributed by atoms with Crippen LogP contribution in [0.5, 0.6) is 5.75 Å². The molecular weight excluding hydrogens is 344 g/mol. The lowest BCUT2D eigenvalue weighted by molar-refractivity contribution is -0.384. The molecule has 0 unspecified atom stereocenters. The van der Waals surface area contributed by atoms with E-state index in [-0.39, 0.29) is 23.3 Å². The summed E-state index contributed by atoms with van der Waals surface area (Å²) in [5.41, 5.74) is 15.6. The fraction of sp³-hybridized carbons (Fsp3) is 0.273. The molecule has 6 N–H and O–H groups in total. The number of nitrogens with two attached hydrogens (primary N) is 3. The van der Waals surface area contributed by atoms with Gasteiger partial charge in [0.25, 0.3) is 5.69 Å². The van der Waals surface area contributed by atoms with Crippen LogP contribution in [0.3, 0.4) is 0 Å². The molecule has 1 rings (SSSR count). The van der Waals surface area contributed by atoms with Gasteiger partial charge in [0.1, 0.15) is 11.4 Å². The van der Waals surface area contributed by atoms with Crippen LogP contribution in [-0.4, -0.2) is 23.4 Å². The highest BCUT2D eigenvalue weighted by atomic mass is 79.9. The topological polar surface area (TPSA) is 155 Å². The Balaban J connectivity index is 3.32. The van der Waals surface area contributed by atoms with Gasteiger partial charge in [-0.15, -0.1) is 0 Å². The van der Waals surface area contributed by atoms with E-state index in [1.54, 1.807) is 0 Å². The fourth-order valence-corrected chi connectivity index (χ4v) is 1.82. The summed E-state index contributed by atoms with van der Waals surface area (Å²) in [4.78, 5) is 17.8. The number of nitro benzene ring substituents is 1. The van der Waals surface area contributed by atoms with Crippen molar-refractivity contribution in [1.82, 2.24) is 0 Å². The number of aliphatic imine (C=N–C) groups is 2. The number of guanidine groups is 2. The minimum Gasteiger partial charge on any atom is -0.492 e. The van der Waals surface area contributed by atoms with Crippen molar-refractivity contribution in [3.05, 3.63) is 26.7 Å². The second-order valence-electron chi connectivity index (χ2n) is 3.88. The van der Waals surface area contributed by atoms with Gasteiger partial charge in [-0.25, -0.2) is 4.99 Å². The minimum absolute atomic E-state index is 0.00296. The van der Waals surface area contributed by atoms with Crippen LogP contribution < -0.4 is 21.9 Å². The van der Waals surface area contributed by atoms with Crippen LogP contribution >= 0.6 is 15.9 Å². The molecule has 1 aromatic rings. The van der Waals surface area contributed by atoms with Gasteiger partial charge in [-0.05, 0) is 22.4 Å². The van der Waals surface area contributed by atoms with E-state index in [2.05, 4.69) is 25.9 Å². The molecule has 9 nitrogen and oxygen atoms in total. The highest BCUT2D eigenvalue weighted by Gasteiger charge is 2.18. The van der Waals surface area contributed by atoms with Gasteiger partial charge in [0.05, 0.1) is 16.0 Å². The Bertz CT molecular complexity index is 598. The number of hydrogen-bond donors (Lipinski definition) is 3. The number of hydrogen-bond acceptors (Lipinski definition) is 4. The summed E-state index contributed by atoms with van der Waals surface area (Å²) >= 11 is 3.21. The highest BCUT2D eigenvalue weighted by Crippen LogP contribution is 2.37. The molecule has 0 aliphatic heterocycles. The molecule has 0 aromatic heterocycles. The maximum atomic E-state index is 11.1. The van der Waals surface area contributed by atoms with Gasteiger partial charge < -0.3 is 21.9 Å². The molecule has 0 aliphatic rings. The molecule has 0 amide bonds. The average Bonchev–Trinajstić information content (AvgIpc) is 2.37. The molecule has 0 saturated carbocycles. The van der Waals surface area contributed by atoms with Crippen molar-refractivity contribution in [2.24, 2.45) is 27.2 Å². The maximum absolute atomic E-state index is 11.1. The zero-order valence-corrected chi connectivity index (χ0v) is 12.8. The van der Waals surface area contributed by atoms with E-state index in [9.17, 15) is 10.1 Å². The molecule has 0 fully saturated rings. The molecule has 1 aromatic carbocycles. The van der Waals surface area contributed by atoms with Crippen LogP contribution in [0.15, 0.2) is 26.6 Å². The van der Waals surface area contributed by atoms with Crippen LogP contribution in [0.25, 0.3) is 0 Å². The third-order valence-electron chi connectivity index (χ3n) is 2.17. The zero-order valence-electron chi connectivity index (χ0n) is 11.2. The summed E-state index contributed by atoms with van der Waals surface area (Å²) in [5.74, 6) is -0.168. The van der Waals surface area contributed by atoms with Gasteiger partial charge >= 0.3 is 0 Å². The molecule has 0 spiro atoms. The van der Waals surface area contributed by atoms with Gasteiger partial charge in [0, 0.05) is 12.1 Å². The predicted molar refractivity (Wildman–Crippen MR) is 83.7 cm³/mol. The van der Waals surface area contributed by atoms with Crippen molar-refractivity contribution in [2.45, 2.75) is 13.3 Å². The van der Waals surface area contributed by atoms with Crippen molar-refractivity contribution in [3.8, 4) is 5.75 Å². The van der Waals surface area contributed by atoms with E-state index >= 15 is 0 Å². The Hall–Kier alpha value is -2.36. The summed E-state index contributed by atoms with van der Waals surface area (Å²) in [6, 6.07) is 2.68. The fourth-order valence-electron chi connectivity index (χ4n) is 1.37. The van der Waals surface area contributed by atoms with Crippen LogP contribution in [0, 0.1) is 10.1 Å². The molecule has 0 atom stereocenters. The van der Waals surface area contributed by atoms with E-state index in [0.717, 1.165) is 6.42 Å². The molecule has 0 aliphatic carbocycles. The largest absolute Gasteiger partial charge is 0.492 e. The molecule has 0 bridgehead atoms. The molecule has 0 heterocycles. The van der Waals surface area contributed by atoms with Crippen molar-refractivity contribution < 1.29 is 9.66 Å². The standard InChI is InChI=1S/C11H15BrN6O3/c1-2-3-21-9-5-7(16-11(15)17-10(13)14)8(18(19)20)4-6(9)12/h4-5H,2-3H2,1H3,(H6,13,14,15,16,17). The van der Waals surface area contributed by atoms with Gasteiger partial charge in [-0.3, -0.25) is 10.1 Å². The monoisotopic (exact) mass is 358 g/mol. The molecule has 21 heavy (non-hydrogen) atoms. The van der Waals surface area contributed by atoms with E-state index in [4.69, 9.17) is 21.9 Å². The number of benzene rings is 1. The number of ether oxygens (including phenoxy) is 1. The number of nitro groups is 1. The second-order valence-corrected chi connectivity index (χ2v) is 4.74. The smallest absolute Gasteiger partial charge is 0.296 e. The van der Waals surface area contributed by atoms with E-state index in [1.165, 1.54) is 12.1 Å². The first-order valence-corrected chi connectivity index (χ1v) is 6.69. The van der Waals surface area contributed by atoms with E-state index in [0.29, 0.717) is 16.8 Å². The first-order chi connectivity index (χ1) is 9.85. The Labute approximate surface area is 129 Å². The van der Waals surface area contributed by atoms with E-state index in [1.807, 2.05) is 6.92 Å². The summed E-state index contributed by atoms with van der Waals surface area (Å²) in [6.07, 6.45) is 0.790. The molecule has 0 saturated heterocycles. The molecular formula is C11H15BrN6O3. The van der Waals surface area contributed by atoms with Crippen LogP contribution in [0.4, 0.5) is 11.4 Å². The Kier molecular flexibility index (Phi) is 5.91. The van der Waals surface area contributed by atoms with E-state index < -0.39 is 4.92 Å². The summed E-state index contributed by atoms with van der Waals surface area (Å²) in [7, 11) is 0. The second kappa shape index (κ2) is 7.43. The lowest BCUT2D eigenvalue weighted by Crippen LogP contribution is -2.26. The lowest BCUT2D eigenvalue weighted by atomic mass is 10.2. The molecule has 0 radical (unpaired) electrons. The maximum Gasteiger partial charge on any atom is 0.296 e. The van der Waals surface area contributed by atoms with Gasteiger partial charge in [-0.1, -0.05) is 6.92 Å². The first-order valence-electron chi connectivity index (χ1n) is 5.89. The SMILES string of the molecule is CCCOc1cc(N=C(N)N=C(N)N)c([N+](=O)[O-])cc1Br. The average molecular weight is 359 g/mol.